The Kier molecular flexibility index (Phi) is 4.28. The first-order valence-electron chi connectivity index (χ1n) is 9.40. The summed E-state index contributed by atoms with van der Waals surface area (Å²) < 4.78 is 7.74. The average Bonchev–Trinajstić information content (AvgIpc) is 3.33. The first-order chi connectivity index (χ1) is 14.2. The van der Waals surface area contributed by atoms with E-state index in [1.165, 1.54) is 11.9 Å². The molecule has 0 bridgehead atoms. The van der Waals surface area contributed by atoms with E-state index in [0.717, 1.165) is 17.7 Å². The van der Waals surface area contributed by atoms with E-state index < -0.39 is 0 Å². The molecule has 0 saturated carbocycles. The van der Waals surface area contributed by atoms with Crippen LogP contribution in [0.2, 0.25) is 0 Å². The van der Waals surface area contributed by atoms with E-state index in [4.69, 9.17) is 4.74 Å². The van der Waals surface area contributed by atoms with Crippen LogP contribution in [0.4, 0.5) is 5.82 Å². The standard InChI is InChI=1S/C20H19N7O2/c1-12-16-14(29-8-7-13-5-3-2-4-6-13)9-15(28)25-19(16)27(26-12)20-17-18(22-10-21-17)23-11-24-20/h2-6,10-11,14H,7-9H2,1H3,(H,25,28)(H,21,22,23,24). The summed E-state index contributed by atoms with van der Waals surface area (Å²) in [5.41, 5.74) is 4.05. The van der Waals surface area contributed by atoms with Crippen LogP contribution in [0.5, 0.6) is 0 Å². The zero-order valence-corrected chi connectivity index (χ0v) is 15.8. The molecule has 0 saturated heterocycles. The molecule has 9 nitrogen and oxygen atoms in total. The number of amides is 1. The maximum absolute atomic E-state index is 12.4. The molecule has 1 unspecified atom stereocenters. The Balaban J connectivity index is 1.47. The second-order valence-electron chi connectivity index (χ2n) is 6.91. The molecule has 0 spiro atoms. The number of ether oxygens (including phenoxy) is 1. The van der Waals surface area contributed by atoms with Gasteiger partial charge in [0.1, 0.15) is 17.7 Å². The molecule has 5 rings (SSSR count). The summed E-state index contributed by atoms with van der Waals surface area (Å²) in [4.78, 5) is 28.1. The number of fused-ring (bicyclic) bond motifs is 2. The van der Waals surface area contributed by atoms with Crippen molar-refractivity contribution in [2.24, 2.45) is 0 Å². The normalized spacial score (nSPS) is 16.0. The van der Waals surface area contributed by atoms with Crippen LogP contribution in [0.25, 0.3) is 17.0 Å². The second kappa shape index (κ2) is 7.10. The fourth-order valence-corrected chi connectivity index (χ4v) is 3.67. The number of anilines is 1. The van der Waals surface area contributed by atoms with Crippen LogP contribution in [0.15, 0.2) is 43.0 Å². The summed E-state index contributed by atoms with van der Waals surface area (Å²) in [5.74, 6) is 0.999. The molecule has 1 aliphatic heterocycles. The zero-order valence-electron chi connectivity index (χ0n) is 15.8. The van der Waals surface area contributed by atoms with E-state index in [1.807, 2.05) is 25.1 Å². The highest BCUT2D eigenvalue weighted by molar-refractivity contribution is 5.94. The first kappa shape index (κ1) is 17.5. The summed E-state index contributed by atoms with van der Waals surface area (Å²) in [5, 5.41) is 7.56. The lowest BCUT2D eigenvalue weighted by molar-refractivity contribution is -0.119. The van der Waals surface area contributed by atoms with Crippen LogP contribution in [0, 0.1) is 6.92 Å². The van der Waals surface area contributed by atoms with Gasteiger partial charge in [-0.3, -0.25) is 4.79 Å². The van der Waals surface area contributed by atoms with E-state index >= 15 is 0 Å². The SMILES string of the molecule is Cc1nn(-c2ncnc3nc[nH]c23)c2c1C(OCCc1ccccc1)CC(=O)N2. The number of nitrogens with one attached hydrogen (secondary N) is 2. The third-order valence-electron chi connectivity index (χ3n) is 5.01. The van der Waals surface area contributed by atoms with Gasteiger partial charge in [0.2, 0.25) is 5.91 Å². The molecule has 4 aromatic rings. The fraction of sp³-hybridized carbons (Fsp3) is 0.250. The number of hydrogen-bond donors (Lipinski definition) is 2. The van der Waals surface area contributed by atoms with E-state index in [0.29, 0.717) is 29.4 Å². The number of hydrogen-bond acceptors (Lipinski definition) is 6. The lowest BCUT2D eigenvalue weighted by Gasteiger charge is -2.24. The van der Waals surface area contributed by atoms with Crippen molar-refractivity contribution in [2.45, 2.75) is 25.9 Å². The van der Waals surface area contributed by atoms with Crippen LogP contribution >= 0.6 is 0 Å². The second-order valence-corrected chi connectivity index (χ2v) is 6.91. The monoisotopic (exact) mass is 389 g/mol. The number of carbonyl (C=O) groups excluding carboxylic acids is 1. The van der Waals surface area contributed by atoms with Crippen LogP contribution < -0.4 is 5.32 Å². The molecule has 0 aliphatic carbocycles. The number of H-pyrrole nitrogens is 1. The average molecular weight is 389 g/mol. The van der Waals surface area contributed by atoms with Crippen LogP contribution in [-0.2, 0) is 16.0 Å². The molecule has 1 aliphatic rings. The molecule has 1 aromatic carbocycles. The van der Waals surface area contributed by atoms with Crippen LogP contribution in [-0.4, -0.2) is 42.2 Å². The number of rotatable bonds is 5. The molecule has 146 valence electrons. The Labute approximate surface area is 166 Å². The minimum Gasteiger partial charge on any atom is -0.372 e. The highest BCUT2D eigenvalue weighted by Gasteiger charge is 2.33. The number of benzene rings is 1. The van der Waals surface area contributed by atoms with Crippen molar-refractivity contribution in [1.29, 1.82) is 0 Å². The van der Waals surface area contributed by atoms with Gasteiger partial charge < -0.3 is 15.0 Å². The van der Waals surface area contributed by atoms with Gasteiger partial charge in [-0.05, 0) is 18.9 Å². The van der Waals surface area contributed by atoms with Gasteiger partial charge in [-0.25, -0.2) is 15.0 Å². The molecule has 0 radical (unpaired) electrons. The van der Waals surface area contributed by atoms with Crippen molar-refractivity contribution in [3.63, 3.8) is 0 Å². The van der Waals surface area contributed by atoms with Crippen molar-refractivity contribution >= 4 is 22.9 Å². The molecule has 3 aromatic heterocycles. The molecular weight excluding hydrogens is 370 g/mol. The molecule has 29 heavy (non-hydrogen) atoms. The van der Waals surface area contributed by atoms with Gasteiger partial charge in [0.05, 0.1) is 31.2 Å². The highest BCUT2D eigenvalue weighted by atomic mass is 16.5. The first-order valence-corrected chi connectivity index (χ1v) is 9.40. The van der Waals surface area contributed by atoms with Gasteiger partial charge in [0.15, 0.2) is 11.5 Å². The molecular formula is C20H19N7O2. The van der Waals surface area contributed by atoms with Crippen molar-refractivity contribution in [1.82, 2.24) is 29.7 Å². The number of aromatic amines is 1. The summed E-state index contributed by atoms with van der Waals surface area (Å²) in [6.07, 6.45) is 3.68. The van der Waals surface area contributed by atoms with E-state index in [9.17, 15) is 4.79 Å². The third-order valence-corrected chi connectivity index (χ3v) is 5.01. The third kappa shape index (κ3) is 3.15. The quantitative estimate of drug-likeness (QED) is 0.543. The molecule has 1 amide bonds. The molecule has 4 heterocycles. The van der Waals surface area contributed by atoms with Gasteiger partial charge >= 0.3 is 0 Å². The predicted octanol–water partition coefficient (Wildman–Crippen LogP) is 2.49. The van der Waals surface area contributed by atoms with E-state index in [-0.39, 0.29) is 18.4 Å². The van der Waals surface area contributed by atoms with Crippen molar-refractivity contribution in [2.75, 3.05) is 11.9 Å². The summed E-state index contributed by atoms with van der Waals surface area (Å²) >= 11 is 0. The van der Waals surface area contributed by atoms with Crippen molar-refractivity contribution in [3.8, 4) is 5.82 Å². The van der Waals surface area contributed by atoms with Gasteiger partial charge in [0.25, 0.3) is 0 Å². The molecule has 2 N–H and O–H groups in total. The summed E-state index contributed by atoms with van der Waals surface area (Å²) in [6, 6.07) is 10.1. The van der Waals surface area contributed by atoms with Crippen molar-refractivity contribution < 1.29 is 9.53 Å². The maximum atomic E-state index is 12.4. The Morgan fingerprint density at radius 3 is 2.93 bits per heavy atom. The lowest BCUT2D eigenvalue weighted by atomic mass is 10.0. The topological polar surface area (TPSA) is 111 Å². The minimum atomic E-state index is -0.352. The van der Waals surface area contributed by atoms with E-state index in [1.54, 1.807) is 11.0 Å². The summed E-state index contributed by atoms with van der Waals surface area (Å²) in [6.45, 7) is 2.43. The van der Waals surface area contributed by atoms with Gasteiger partial charge in [0, 0.05) is 5.56 Å². The molecule has 0 fully saturated rings. The number of nitrogens with zero attached hydrogens (tertiary/aromatic N) is 5. The number of aryl methyl sites for hydroxylation is 1. The Morgan fingerprint density at radius 1 is 1.21 bits per heavy atom. The van der Waals surface area contributed by atoms with Gasteiger partial charge in [-0.2, -0.15) is 9.78 Å². The number of aromatic nitrogens is 6. The predicted molar refractivity (Wildman–Crippen MR) is 106 cm³/mol. The van der Waals surface area contributed by atoms with Crippen molar-refractivity contribution in [3.05, 3.63) is 59.8 Å². The van der Waals surface area contributed by atoms with Crippen LogP contribution in [0.1, 0.15) is 29.3 Å². The maximum Gasteiger partial charge on any atom is 0.228 e. The van der Waals surface area contributed by atoms with Gasteiger partial charge in [-0.1, -0.05) is 30.3 Å². The van der Waals surface area contributed by atoms with E-state index in [2.05, 4.69) is 42.5 Å². The molecule has 9 heteroatoms. The number of carbonyl (C=O) groups is 1. The largest absolute Gasteiger partial charge is 0.372 e. The summed E-state index contributed by atoms with van der Waals surface area (Å²) in [7, 11) is 0. The Hall–Kier alpha value is -3.59. The Morgan fingerprint density at radius 2 is 2.07 bits per heavy atom. The number of imidazole rings is 1. The minimum absolute atomic E-state index is 0.113. The zero-order chi connectivity index (χ0) is 19.8. The lowest BCUT2D eigenvalue weighted by Crippen LogP contribution is -2.26. The highest BCUT2D eigenvalue weighted by Crippen LogP contribution is 2.37. The van der Waals surface area contributed by atoms with Gasteiger partial charge in [-0.15, -0.1) is 0 Å². The fourth-order valence-electron chi connectivity index (χ4n) is 3.67. The smallest absolute Gasteiger partial charge is 0.228 e. The Bertz CT molecular complexity index is 1180. The van der Waals surface area contributed by atoms with Crippen LogP contribution in [0.3, 0.4) is 0 Å². The molecule has 1 atom stereocenters.